The second-order valence-corrected chi connectivity index (χ2v) is 11.8. The second kappa shape index (κ2) is 7.78. The number of methoxy groups -OCH3 is 1. The lowest BCUT2D eigenvalue weighted by Gasteiger charge is -2.57. The first-order valence-electron chi connectivity index (χ1n) is 13.3. The SMILES string of the molecule is COc1ccc(-c2ccc3cc(C4C(=O)CCC4=O)ccc3c2)cc1C12CC3CC(CC(C3)C1)C2. The van der Waals surface area contributed by atoms with Crippen LogP contribution in [-0.4, -0.2) is 18.7 Å². The summed E-state index contributed by atoms with van der Waals surface area (Å²) in [6.45, 7) is 0. The molecule has 3 aromatic rings. The van der Waals surface area contributed by atoms with E-state index in [4.69, 9.17) is 4.74 Å². The van der Waals surface area contributed by atoms with Crippen LogP contribution in [0.1, 0.15) is 68.4 Å². The molecule has 35 heavy (non-hydrogen) atoms. The summed E-state index contributed by atoms with van der Waals surface area (Å²) in [6, 6.07) is 19.4. The molecule has 0 saturated heterocycles. The Hall–Kier alpha value is -2.94. The average molecular weight is 465 g/mol. The third-order valence-electron chi connectivity index (χ3n) is 9.60. The van der Waals surface area contributed by atoms with Gasteiger partial charge in [-0.15, -0.1) is 0 Å². The first kappa shape index (κ1) is 21.4. The Morgan fingerprint density at radius 3 is 1.94 bits per heavy atom. The van der Waals surface area contributed by atoms with Crippen molar-refractivity contribution in [1.29, 1.82) is 0 Å². The molecule has 0 unspecified atom stereocenters. The highest BCUT2D eigenvalue weighted by molar-refractivity contribution is 6.13. The largest absolute Gasteiger partial charge is 0.496 e. The van der Waals surface area contributed by atoms with Crippen LogP contribution >= 0.6 is 0 Å². The maximum Gasteiger partial charge on any atom is 0.148 e. The van der Waals surface area contributed by atoms with E-state index >= 15 is 0 Å². The Balaban J connectivity index is 1.26. The molecule has 4 bridgehead atoms. The molecule has 0 aliphatic heterocycles. The van der Waals surface area contributed by atoms with Crippen LogP contribution in [0, 0.1) is 17.8 Å². The number of rotatable bonds is 4. The topological polar surface area (TPSA) is 43.4 Å². The van der Waals surface area contributed by atoms with Crippen molar-refractivity contribution in [3.63, 3.8) is 0 Å². The molecule has 3 aromatic carbocycles. The third-order valence-corrected chi connectivity index (χ3v) is 9.60. The van der Waals surface area contributed by atoms with Crippen LogP contribution in [-0.2, 0) is 15.0 Å². The summed E-state index contributed by atoms with van der Waals surface area (Å²) in [7, 11) is 1.81. The zero-order chi connectivity index (χ0) is 23.7. The van der Waals surface area contributed by atoms with Gasteiger partial charge in [0.15, 0.2) is 0 Å². The molecule has 0 amide bonds. The van der Waals surface area contributed by atoms with Gasteiger partial charge in [0.05, 0.1) is 7.11 Å². The summed E-state index contributed by atoms with van der Waals surface area (Å²) in [5.74, 6) is 3.27. The molecule has 5 saturated carbocycles. The monoisotopic (exact) mass is 464 g/mol. The molecule has 5 aliphatic carbocycles. The Morgan fingerprint density at radius 2 is 1.29 bits per heavy atom. The fourth-order valence-electron chi connectivity index (χ4n) is 8.45. The summed E-state index contributed by atoms with van der Waals surface area (Å²) >= 11 is 0. The number of ketones is 2. The summed E-state index contributed by atoms with van der Waals surface area (Å²) in [6.07, 6.45) is 9.02. The van der Waals surface area contributed by atoms with E-state index in [9.17, 15) is 9.59 Å². The van der Waals surface area contributed by atoms with Gasteiger partial charge in [-0.3, -0.25) is 9.59 Å². The Bertz CT molecular complexity index is 1320. The van der Waals surface area contributed by atoms with Crippen molar-refractivity contribution in [3.8, 4) is 16.9 Å². The predicted molar refractivity (Wildman–Crippen MR) is 138 cm³/mol. The van der Waals surface area contributed by atoms with Crippen molar-refractivity contribution < 1.29 is 14.3 Å². The Kier molecular flexibility index (Phi) is 4.75. The number of carbonyl (C=O) groups excluding carboxylic acids is 2. The van der Waals surface area contributed by atoms with Crippen LogP contribution < -0.4 is 4.74 Å². The van der Waals surface area contributed by atoms with E-state index in [1.54, 1.807) is 0 Å². The predicted octanol–water partition coefficient (Wildman–Crippen LogP) is 7.00. The maximum atomic E-state index is 12.2. The van der Waals surface area contributed by atoms with Crippen molar-refractivity contribution in [2.45, 2.75) is 62.7 Å². The van der Waals surface area contributed by atoms with Gasteiger partial charge >= 0.3 is 0 Å². The van der Waals surface area contributed by atoms with Crippen molar-refractivity contribution >= 4 is 22.3 Å². The number of benzene rings is 3. The lowest BCUT2D eigenvalue weighted by molar-refractivity contribution is -0.123. The molecule has 0 atom stereocenters. The van der Waals surface area contributed by atoms with E-state index in [0.29, 0.717) is 12.8 Å². The molecule has 0 radical (unpaired) electrons. The number of hydrogen-bond donors (Lipinski definition) is 0. The molecule has 3 heteroatoms. The molecule has 178 valence electrons. The second-order valence-electron chi connectivity index (χ2n) is 11.8. The summed E-state index contributed by atoms with van der Waals surface area (Å²) in [5.41, 5.74) is 4.98. The van der Waals surface area contributed by atoms with E-state index in [2.05, 4.69) is 42.5 Å². The highest BCUT2D eigenvalue weighted by Crippen LogP contribution is 2.62. The van der Waals surface area contributed by atoms with E-state index in [1.807, 2.05) is 19.2 Å². The highest BCUT2D eigenvalue weighted by Gasteiger charge is 2.52. The quantitative estimate of drug-likeness (QED) is 0.391. The number of carbonyl (C=O) groups is 2. The molecule has 5 fully saturated rings. The van der Waals surface area contributed by atoms with Crippen LogP contribution in [0.15, 0.2) is 54.6 Å². The van der Waals surface area contributed by atoms with Crippen LogP contribution in [0.5, 0.6) is 5.75 Å². The number of Topliss-reactive ketones (excluding diaryl/α,β-unsaturated/α-hetero) is 2. The molecule has 5 aliphatic rings. The van der Waals surface area contributed by atoms with E-state index in [-0.39, 0.29) is 17.0 Å². The van der Waals surface area contributed by atoms with Gasteiger partial charge in [-0.2, -0.15) is 0 Å². The number of fused-ring (bicyclic) bond motifs is 1. The summed E-state index contributed by atoms with van der Waals surface area (Å²) in [4.78, 5) is 24.5. The minimum atomic E-state index is -0.566. The maximum absolute atomic E-state index is 12.2. The molecule has 0 aromatic heterocycles. The minimum Gasteiger partial charge on any atom is -0.496 e. The molecular formula is C32H32O3. The zero-order valence-corrected chi connectivity index (χ0v) is 20.4. The van der Waals surface area contributed by atoms with Gasteiger partial charge in [0.25, 0.3) is 0 Å². The number of ether oxygens (including phenoxy) is 1. The molecule has 0 heterocycles. The van der Waals surface area contributed by atoms with Crippen LogP contribution in [0.3, 0.4) is 0 Å². The summed E-state index contributed by atoms with van der Waals surface area (Å²) < 4.78 is 5.92. The van der Waals surface area contributed by atoms with Gasteiger partial charge in [-0.1, -0.05) is 30.3 Å². The van der Waals surface area contributed by atoms with Gasteiger partial charge in [-0.25, -0.2) is 0 Å². The standard InChI is InChI=1S/C32H32O3/c1-35-30-9-6-25(15-27(30)32-16-19-10-20(17-32)12-21(11-19)18-32)23-2-3-24-14-26(5-4-22(24)13-23)31-28(33)7-8-29(31)34/h2-6,9,13-15,19-21,31H,7-8,10-12,16-18H2,1H3. The lowest BCUT2D eigenvalue weighted by Crippen LogP contribution is -2.48. The molecule has 3 nitrogen and oxygen atoms in total. The van der Waals surface area contributed by atoms with Crippen LogP contribution in [0.25, 0.3) is 21.9 Å². The van der Waals surface area contributed by atoms with Gasteiger partial charge in [0.1, 0.15) is 23.2 Å². The molecular weight excluding hydrogens is 432 g/mol. The van der Waals surface area contributed by atoms with Gasteiger partial charge < -0.3 is 4.74 Å². The van der Waals surface area contributed by atoms with E-state index < -0.39 is 5.92 Å². The van der Waals surface area contributed by atoms with Crippen LogP contribution in [0.4, 0.5) is 0 Å². The average Bonchev–Trinajstić information content (AvgIpc) is 3.20. The normalized spacial score (nSPS) is 29.9. The fraction of sp³-hybridized carbons (Fsp3) is 0.438. The van der Waals surface area contributed by atoms with Gasteiger partial charge in [0, 0.05) is 18.4 Å². The third kappa shape index (κ3) is 3.38. The smallest absolute Gasteiger partial charge is 0.148 e. The highest BCUT2D eigenvalue weighted by atomic mass is 16.5. The lowest BCUT2D eigenvalue weighted by atomic mass is 9.48. The Labute approximate surface area is 206 Å². The van der Waals surface area contributed by atoms with Crippen molar-refractivity contribution in [2.24, 2.45) is 17.8 Å². The van der Waals surface area contributed by atoms with E-state index in [0.717, 1.165) is 39.8 Å². The number of hydrogen-bond acceptors (Lipinski definition) is 3. The Morgan fingerprint density at radius 1 is 0.714 bits per heavy atom. The van der Waals surface area contributed by atoms with Crippen molar-refractivity contribution in [1.82, 2.24) is 0 Å². The van der Waals surface area contributed by atoms with Gasteiger partial charge in [0.2, 0.25) is 0 Å². The van der Waals surface area contributed by atoms with Crippen LogP contribution in [0.2, 0.25) is 0 Å². The molecule has 0 N–H and O–H groups in total. The summed E-state index contributed by atoms with van der Waals surface area (Å²) in [5, 5.41) is 2.21. The first-order valence-corrected chi connectivity index (χ1v) is 13.3. The van der Waals surface area contributed by atoms with Crippen molar-refractivity contribution in [3.05, 3.63) is 65.7 Å². The fourth-order valence-corrected chi connectivity index (χ4v) is 8.45. The van der Waals surface area contributed by atoms with Crippen molar-refractivity contribution in [2.75, 3.05) is 7.11 Å². The molecule has 8 rings (SSSR count). The van der Waals surface area contributed by atoms with E-state index in [1.165, 1.54) is 55.2 Å². The zero-order valence-electron chi connectivity index (χ0n) is 20.4. The minimum absolute atomic E-state index is 0.0569. The van der Waals surface area contributed by atoms with Gasteiger partial charge in [-0.05, 0) is 113 Å². The molecule has 0 spiro atoms. The first-order chi connectivity index (χ1) is 17.0.